The lowest BCUT2D eigenvalue weighted by atomic mass is 10.0. The van der Waals surface area contributed by atoms with Crippen molar-refractivity contribution in [2.24, 2.45) is 0 Å². The highest BCUT2D eigenvalue weighted by Crippen LogP contribution is 2.33. The Morgan fingerprint density at radius 3 is 2.68 bits per heavy atom. The molecule has 0 amide bonds. The average Bonchev–Trinajstić information content (AvgIpc) is 2.72. The molecule has 0 aliphatic heterocycles. The number of nitrogens with one attached hydrogen (secondary N) is 1. The number of benzene rings is 1. The molecule has 102 valence electrons. The van der Waals surface area contributed by atoms with Gasteiger partial charge >= 0.3 is 0 Å². The van der Waals surface area contributed by atoms with Gasteiger partial charge in [-0.1, -0.05) is 36.7 Å². The van der Waals surface area contributed by atoms with Crippen molar-refractivity contribution < 1.29 is 0 Å². The van der Waals surface area contributed by atoms with Crippen LogP contribution in [0.3, 0.4) is 0 Å². The molecule has 0 spiro atoms. The Hall–Kier alpha value is -0.350. The summed E-state index contributed by atoms with van der Waals surface area (Å²) in [6.07, 6.45) is 0.917. The Kier molecular flexibility index (Phi) is 5.46. The van der Waals surface area contributed by atoms with Crippen LogP contribution in [0.1, 0.15) is 29.0 Å². The summed E-state index contributed by atoms with van der Waals surface area (Å²) in [5, 5.41) is 4.39. The van der Waals surface area contributed by atoms with E-state index in [1.165, 1.54) is 19.8 Å². The van der Waals surface area contributed by atoms with E-state index in [4.69, 9.17) is 11.6 Å². The molecule has 1 unspecified atom stereocenters. The van der Waals surface area contributed by atoms with E-state index in [1.54, 1.807) is 11.3 Å². The minimum atomic E-state index is 0.319. The standard InChI is InChI=1S/C15H17BrClNS/c1-3-18-13(14-8-10(2)15(16)19-14)9-11-6-4-5-7-12(11)17/h4-8,13,18H,3,9H2,1-2H3. The first-order chi connectivity index (χ1) is 9.11. The zero-order valence-corrected chi connectivity index (χ0v) is 14.2. The first-order valence-corrected chi connectivity index (χ1v) is 8.33. The largest absolute Gasteiger partial charge is 0.309 e. The van der Waals surface area contributed by atoms with Crippen molar-refractivity contribution in [1.82, 2.24) is 5.32 Å². The van der Waals surface area contributed by atoms with Crippen molar-refractivity contribution in [3.05, 3.63) is 55.1 Å². The average molecular weight is 359 g/mol. The van der Waals surface area contributed by atoms with Crippen LogP contribution in [0.15, 0.2) is 34.1 Å². The second kappa shape index (κ2) is 6.89. The van der Waals surface area contributed by atoms with E-state index in [2.05, 4.69) is 47.2 Å². The molecular weight excluding hydrogens is 342 g/mol. The highest BCUT2D eigenvalue weighted by molar-refractivity contribution is 9.11. The van der Waals surface area contributed by atoms with E-state index >= 15 is 0 Å². The van der Waals surface area contributed by atoms with E-state index in [0.29, 0.717) is 6.04 Å². The molecule has 4 heteroatoms. The third-order valence-corrected chi connectivity index (χ3v) is 5.67. The maximum atomic E-state index is 6.26. The molecule has 19 heavy (non-hydrogen) atoms. The van der Waals surface area contributed by atoms with E-state index < -0.39 is 0 Å². The second-order valence-electron chi connectivity index (χ2n) is 4.51. The van der Waals surface area contributed by atoms with Crippen molar-refractivity contribution in [3.63, 3.8) is 0 Å². The predicted molar refractivity (Wildman–Crippen MR) is 88.3 cm³/mol. The fourth-order valence-electron chi connectivity index (χ4n) is 2.06. The summed E-state index contributed by atoms with van der Waals surface area (Å²) in [7, 11) is 0. The quantitative estimate of drug-likeness (QED) is 0.758. The minimum absolute atomic E-state index is 0.319. The molecule has 0 aliphatic rings. The van der Waals surface area contributed by atoms with Gasteiger partial charge in [-0.3, -0.25) is 0 Å². The third-order valence-electron chi connectivity index (χ3n) is 3.05. The van der Waals surface area contributed by atoms with Crippen LogP contribution < -0.4 is 5.32 Å². The van der Waals surface area contributed by atoms with Gasteiger partial charge < -0.3 is 5.32 Å². The summed E-state index contributed by atoms with van der Waals surface area (Å²) in [6.45, 7) is 5.21. The fourth-order valence-corrected chi connectivity index (χ4v) is 3.92. The van der Waals surface area contributed by atoms with Gasteiger partial charge in [0.05, 0.1) is 3.79 Å². The molecule has 0 radical (unpaired) electrons. The molecule has 1 aromatic heterocycles. The monoisotopic (exact) mass is 357 g/mol. The van der Waals surface area contributed by atoms with Crippen molar-refractivity contribution in [2.45, 2.75) is 26.3 Å². The number of rotatable bonds is 5. The highest BCUT2D eigenvalue weighted by Gasteiger charge is 2.16. The molecule has 1 atom stereocenters. The summed E-state index contributed by atoms with van der Waals surface area (Å²) < 4.78 is 1.21. The van der Waals surface area contributed by atoms with Crippen molar-refractivity contribution in [1.29, 1.82) is 0 Å². The number of likely N-dealkylation sites (N-methyl/N-ethyl adjacent to an activating group) is 1. The second-order valence-corrected chi connectivity index (χ2v) is 7.32. The first kappa shape index (κ1) is 15.0. The number of thiophene rings is 1. The first-order valence-electron chi connectivity index (χ1n) is 6.34. The number of hydrogen-bond donors (Lipinski definition) is 1. The topological polar surface area (TPSA) is 12.0 Å². The SMILES string of the molecule is CCNC(Cc1ccccc1Cl)c1cc(C)c(Br)s1. The summed E-state index contributed by atoms with van der Waals surface area (Å²) >= 11 is 11.7. The number of aryl methyl sites for hydroxylation is 1. The van der Waals surface area contributed by atoms with Crippen LogP contribution in [0, 0.1) is 6.92 Å². The zero-order chi connectivity index (χ0) is 13.8. The maximum Gasteiger partial charge on any atom is 0.0731 e. The zero-order valence-electron chi connectivity index (χ0n) is 11.0. The van der Waals surface area contributed by atoms with Crippen LogP contribution in [-0.4, -0.2) is 6.54 Å². The van der Waals surface area contributed by atoms with Crippen LogP contribution in [0.4, 0.5) is 0 Å². The molecule has 0 saturated heterocycles. The van der Waals surface area contributed by atoms with E-state index in [1.807, 2.05) is 18.2 Å². The molecular formula is C15H17BrClNS. The van der Waals surface area contributed by atoms with E-state index in [9.17, 15) is 0 Å². The van der Waals surface area contributed by atoms with Crippen LogP contribution in [0.2, 0.25) is 5.02 Å². The lowest BCUT2D eigenvalue weighted by Crippen LogP contribution is -2.22. The van der Waals surface area contributed by atoms with Crippen LogP contribution in [-0.2, 0) is 6.42 Å². The van der Waals surface area contributed by atoms with Gasteiger partial charge in [-0.15, -0.1) is 11.3 Å². The van der Waals surface area contributed by atoms with Gasteiger partial charge in [0.1, 0.15) is 0 Å². The molecule has 0 fully saturated rings. The van der Waals surface area contributed by atoms with Gasteiger partial charge in [0.15, 0.2) is 0 Å². The minimum Gasteiger partial charge on any atom is -0.309 e. The van der Waals surface area contributed by atoms with Gasteiger partial charge in [-0.05, 0) is 59.1 Å². The number of halogens is 2. The molecule has 1 heterocycles. The molecule has 2 aromatic rings. The summed E-state index contributed by atoms with van der Waals surface area (Å²) in [5.74, 6) is 0. The number of hydrogen-bond acceptors (Lipinski definition) is 2. The van der Waals surface area contributed by atoms with Crippen LogP contribution in [0.5, 0.6) is 0 Å². The maximum absolute atomic E-state index is 6.26. The van der Waals surface area contributed by atoms with E-state index in [0.717, 1.165) is 18.0 Å². The lowest BCUT2D eigenvalue weighted by molar-refractivity contribution is 0.558. The molecule has 0 aliphatic carbocycles. The molecule has 1 aromatic carbocycles. The Labute approximate surface area is 132 Å². The Morgan fingerprint density at radius 1 is 1.37 bits per heavy atom. The summed E-state index contributed by atoms with van der Waals surface area (Å²) in [4.78, 5) is 1.35. The van der Waals surface area contributed by atoms with Crippen LogP contribution in [0.25, 0.3) is 0 Å². The fraction of sp³-hybridized carbons (Fsp3) is 0.333. The van der Waals surface area contributed by atoms with Crippen molar-refractivity contribution >= 4 is 38.9 Å². The van der Waals surface area contributed by atoms with Crippen molar-refractivity contribution in [3.8, 4) is 0 Å². The smallest absolute Gasteiger partial charge is 0.0731 e. The molecule has 2 rings (SSSR count). The van der Waals surface area contributed by atoms with Crippen molar-refractivity contribution in [2.75, 3.05) is 6.54 Å². The van der Waals surface area contributed by atoms with Gasteiger partial charge in [-0.25, -0.2) is 0 Å². The Morgan fingerprint density at radius 2 is 2.11 bits per heavy atom. The third kappa shape index (κ3) is 3.82. The van der Waals surface area contributed by atoms with E-state index in [-0.39, 0.29) is 0 Å². The Bertz CT molecular complexity index is 533. The van der Waals surface area contributed by atoms with Gasteiger partial charge in [-0.2, -0.15) is 0 Å². The normalized spacial score (nSPS) is 12.6. The highest BCUT2D eigenvalue weighted by atomic mass is 79.9. The molecule has 1 N–H and O–H groups in total. The predicted octanol–water partition coefficient (Wildman–Crippen LogP) is 5.37. The molecule has 1 nitrogen and oxygen atoms in total. The Balaban J connectivity index is 2.23. The molecule has 0 saturated carbocycles. The van der Waals surface area contributed by atoms with Gasteiger partial charge in [0.2, 0.25) is 0 Å². The lowest BCUT2D eigenvalue weighted by Gasteiger charge is -2.17. The molecule has 0 bridgehead atoms. The summed E-state index contributed by atoms with van der Waals surface area (Å²) in [5.41, 5.74) is 2.49. The summed E-state index contributed by atoms with van der Waals surface area (Å²) in [6, 6.07) is 10.6. The van der Waals surface area contributed by atoms with Gasteiger partial charge in [0.25, 0.3) is 0 Å². The van der Waals surface area contributed by atoms with Gasteiger partial charge in [0, 0.05) is 15.9 Å². The van der Waals surface area contributed by atoms with Crippen LogP contribution >= 0.6 is 38.9 Å².